The number of ether oxygens (including phenoxy) is 2. The Bertz CT molecular complexity index is 798. The third-order valence-corrected chi connectivity index (χ3v) is 6.73. The Morgan fingerprint density at radius 1 is 1.37 bits per heavy atom. The highest BCUT2D eigenvalue weighted by atomic mass is 17.2. The second-order valence-corrected chi connectivity index (χ2v) is 8.18. The number of aliphatic hydroxyl groups is 1. The fourth-order valence-electron chi connectivity index (χ4n) is 4.84. The molecule has 0 amide bonds. The number of fused-ring (bicyclic) bond motifs is 1. The Balaban J connectivity index is 1.85. The summed E-state index contributed by atoms with van der Waals surface area (Å²) in [5.41, 5.74) is -2.87. The van der Waals surface area contributed by atoms with Gasteiger partial charge in [-0.1, -0.05) is 18.7 Å². The van der Waals surface area contributed by atoms with E-state index < -0.39 is 52.8 Å². The molecule has 7 atom stereocenters. The molecule has 2 aliphatic carbocycles. The summed E-state index contributed by atoms with van der Waals surface area (Å²) >= 11 is 0. The van der Waals surface area contributed by atoms with Gasteiger partial charge < -0.3 is 14.6 Å². The predicted molar refractivity (Wildman–Crippen MR) is 93.0 cm³/mol. The predicted octanol–water partition coefficient (Wildman–Crippen LogP) is 1.76. The fraction of sp³-hybridized carbons (Fsp3) is 0.600. The van der Waals surface area contributed by atoms with E-state index in [9.17, 15) is 14.7 Å². The summed E-state index contributed by atoms with van der Waals surface area (Å²) in [6.07, 6.45) is 3.68. The van der Waals surface area contributed by atoms with Crippen LogP contribution >= 0.6 is 0 Å². The van der Waals surface area contributed by atoms with Crippen LogP contribution in [-0.4, -0.2) is 46.1 Å². The van der Waals surface area contributed by atoms with Crippen LogP contribution in [0, 0.1) is 11.8 Å². The minimum atomic E-state index is -1.44. The Morgan fingerprint density at radius 3 is 2.67 bits per heavy atom. The first kappa shape index (κ1) is 18.4. The van der Waals surface area contributed by atoms with Gasteiger partial charge in [0.1, 0.15) is 11.7 Å². The molecule has 1 saturated carbocycles. The number of allylic oxidation sites excluding steroid dienone is 1. The third-order valence-electron chi connectivity index (χ3n) is 6.73. The van der Waals surface area contributed by atoms with Crippen molar-refractivity contribution >= 4 is 11.9 Å². The maximum absolute atomic E-state index is 12.6. The number of hydrogen-bond acceptors (Lipinski definition) is 7. The highest BCUT2D eigenvalue weighted by Crippen LogP contribution is 2.62. The molecular formula is C20H24O7. The van der Waals surface area contributed by atoms with Gasteiger partial charge in [0, 0.05) is 17.1 Å². The van der Waals surface area contributed by atoms with Crippen LogP contribution in [0.3, 0.4) is 0 Å². The lowest BCUT2D eigenvalue weighted by Gasteiger charge is -2.44. The van der Waals surface area contributed by atoms with E-state index in [4.69, 9.17) is 19.2 Å². The normalized spacial score (nSPS) is 48.1. The highest BCUT2D eigenvalue weighted by Gasteiger charge is 2.77. The van der Waals surface area contributed by atoms with Gasteiger partial charge in [-0.15, -0.1) is 0 Å². The molecule has 2 bridgehead atoms. The molecule has 1 N–H and O–H groups in total. The molecule has 27 heavy (non-hydrogen) atoms. The lowest BCUT2D eigenvalue weighted by molar-refractivity contribution is -0.366. The molecule has 4 rings (SSSR count). The lowest BCUT2D eigenvalue weighted by atomic mass is 9.70. The zero-order chi connectivity index (χ0) is 19.8. The third kappa shape index (κ3) is 2.13. The average Bonchev–Trinajstić information content (AvgIpc) is 3.18. The minimum absolute atomic E-state index is 0.166. The van der Waals surface area contributed by atoms with E-state index in [-0.39, 0.29) is 6.42 Å². The molecule has 2 aliphatic heterocycles. The van der Waals surface area contributed by atoms with Crippen molar-refractivity contribution in [2.24, 2.45) is 11.8 Å². The highest BCUT2D eigenvalue weighted by molar-refractivity contribution is 5.91. The maximum atomic E-state index is 12.6. The molecule has 3 fully saturated rings. The number of esters is 2. The first-order chi connectivity index (χ1) is 12.6. The van der Waals surface area contributed by atoms with Gasteiger partial charge in [-0.3, -0.25) is 0 Å². The summed E-state index contributed by atoms with van der Waals surface area (Å²) in [6.45, 7) is 10.7. The molecule has 7 nitrogen and oxygen atoms in total. The monoisotopic (exact) mass is 376 g/mol. The van der Waals surface area contributed by atoms with E-state index in [1.165, 1.54) is 0 Å². The molecule has 2 heterocycles. The summed E-state index contributed by atoms with van der Waals surface area (Å²) in [5, 5.41) is 11.1. The molecule has 2 saturated heterocycles. The molecule has 7 heteroatoms. The van der Waals surface area contributed by atoms with Crippen LogP contribution < -0.4 is 0 Å². The van der Waals surface area contributed by atoms with Crippen LogP contribution in [0.4, 0.5) is 0 Å². The molecule has 0 spiro atoms. The average molecular weight is 376 g/mol. The zero-order valence-electron chi connectivity index (χ0n) is 15.9. The standard InChI is InChI=1S/C20H24O7/c1-6-10(2)16(22)25-19(5)13(21)9-12-11(3)17(23)24-14(12)15-18(4)7-8-20(15,19)27-26-18/h6-8,12-15,21H,3,9H2,1-2,4-5H3/b10-6-/t12-,13+,14-,15?,18+,19-,20?/m0/s1. The Labute approximate surface area is 157 Å². The van der Waals surface area contributed by atoms with Gasteiger partial charge in [0.25, 0.3) is 0 Å². The van der Waals surface area contributed by atoms with E-state index in [1.807, 2.05) is 13.0 Å². The van der Waals surface area contributed by atoms with Crippen molar-refractivity contribution in [1.29, 1.82) is 0 Å². The Kier molecular flexibility index (Phi) is 3.77. The van der Waals surface area contributed by atoms with E-state index in [2.05, 4.69) is 6.58 Å². The van der Waals surface area contributed by atoms with Crippen molar-refractivity contribution in [3.63, 3.8) is 0 Å². The van der Waals surface area contributed by atoms with Crippen molar-refractivity contribution in [3.05, 3.63) is 36.0 Å². The lowest BCUT2D eigenvalue weighted by Crippen LogP contribution is -2.63. The Hall–Kier alpha value is -1.96. The number of hydrogen-bond donors (Lipinski definition) is 1. The van der Waals surface area contributed by atoms with E-state index in [0.717, 1.165) is 0 Å². The second kappa shape index (κ2) is 5.53. The Morgan fingerprint density at radius 2 is 2.07 bits per heavy atom. The van der Waals surface area contributed by atoms with Crippen molar-refractivity contribution in [2.75, 3.05) is 0 Å². The van der Waals surface area contributed by atoms with Crippen LogP contribution in [0.1, 0.15) is 34.1 Å². The number of aliphatic hydroxyl groups excluding tert-OH is 1. The SMILES string of the molecule is C=C1C(=O)O[C@@H]2C3C4(C=C[C@@]3(C)OO4)[C@@](C)(OC(=O)/C(C)=C\C)[C@H](O)C[C@@H]12. The molecular weight excluding hydrogens is 352 g/mol. The van der Waals surface area contributed by atoms with E-state index in [1.54, 1.807) is 32.9 Å². The summed E-state index contributed by atoms with van der Waals surface area (Å²) in [7, 11) is 0. The van der Waals surface area contributed by atoms with Crippen LogP contribution in [0.2, 0.25) is 0 Å². The zero-order valence-corrected chi connectivity index (χ0v) is 15.9. The van der Waals surface area contributed by atoms with Crippen LogP contribution in [-0.2, 0) is 28.8 Å². The molecule has 146 valence electrons. The summed E-state index contributed by atoms with van der Waals surface area (Å²) in [5.74, 6) is -1.93. The van der Waals surface area contributed by atoms with Crippen molar-refractivity contribution in [2.45, 2.75) is 63.1 Å². The summed E-state index contributed by atoms with van der Waals surface area (Å²) < 4.78 is 11.5. The smallest absolute Gasteiger partial charge is 0.334 e. The maximum Gasteiger partial charge on any atom is 0.334 e. The number of rotatable bonds is 2. The van der Waals surface area contributed by atoms with E-state index >= 15 is 0 Å². The van der Waals surface area contributed by atoms with Gasteiger partial charge in [-0.05, 0) is 40.2 Å². The van der Waals surface area contributed by atoms with Gasteiger partial charge in [0.15, 0.2) is 11.2 Å². The molecule has 0 aromatic carbocycles. The first-order valence-electron chi connectivity index (χ1n) is 9.11. The molecule has 0 aromatic rings. The first-order valence-corrected chi connectivity index (χ1v) is 9.11. The van der Waals surface area contributed by atoms with Gasteiger partial charge in [0.2, 0.25) is 0 Å². The topological polar surface area (TPSA) is 91.3 Å². The second-order valence-electron chi connectivity index (χ2n) is 8.18. The number of carbonyl (C=O) groups excluding carboxylic acids is 2. The van der Waals surface area contributed by atoms with Crippen LogP contribution in [0.25, 0.3) is 0 Å². The van der Waals surface area contributed by atoms with Crippen molar-refractivity contribution < 1.29 is 33.9 Å². The van der Waals surface area contributed by atoms with Gasteiger partial charge in [0.05, 0.1) is 12.0 Å². The van der Waals surface area contributed by atoms with Crippen LogP contribution in [0.15, 0.2) is 36.0 Å². The number of carbonyl (C=O) groups is 2. The molecule has 0 aromatic heterocycles. The molecule has 0 radical (unpaired) electrons. The summed E-state index contributed by atoms with van der Waals surface area (Å²) in [4.78, 5) is 36.1. The molecule has 4 aliphatic rings. The van der Waals surface area contributed by atoms with Crippen molar-refractivity contribution in [3.8, 4) is 0 Å². The largest absolute Gasteiger partial charge is 0.458 e. The molecule has 2 unspecified atom stereocenters. The van der Waals surface area contributed by atoms with Gasteiger partial charge in [-0.2, -0.15) is 0 Å². The van der Waals surface area contributed by atoms with Crippen molar-refractivity contribution in [1.82, 2.24) is 0 Å². The summed E-state index contributed by atoms with van der Waals surface area (Å²) in [6, 6.07) is 0. The van der Waals surface area contributed by atoms with Gasteiger partial charge in [-0.25, -0.2) is 19.4 Å². The van der Waals surface area contributed by atoms with Gasteiger partial charge >= 0.3 is 11.9 Å². The quantitative estimate of drug-likeness (QED) is 0.340. The minimum Gasteiger partial charge on any atom is -0.458 e. The van der Waals surface area contributed by atoms with Crippen LogP contribution in [0.5, 0.6) is 0 Å². The fourth-order valence-corrected chi connectivity index (χ4v) is 4.84. The van der Waals surface area contributed by atoms with E-state index in [0.29, 0.717) is 11.1 Å².